The van der Waals surface area contributed by atoms with Crippen molar-refractivity contribution in [3.05, 3.63) is 42.2 Å². The third kappa shape index (κ3) is 3.28. The zero-order valence-electron chi connectivity index (χ0n) is 16.1. The van der Waals surface area contributed by atoms with Crippen LogP contribution in [0.4, 0.5) is 5.82 Å². The van der Waals surface area contributed by atoms with Crippen molar-refractivity contribution in [3.63, 3.8) is 0 Å². The molecule has 0 aliphatic carbocycles. The number of fused-ring (bicyclic) bond motifs is 2. The Morgan fingerprint density at radius 2 is 2.10 bits per heavy atom. The highest BCUT2D eigenvalue weighted by Crippen LogP contribution is 2.25. The molecule has 0 unspecified atom stereocenters. The molecular weight excluding hydrogens is 370 g/mol. The van der Waals surface area contributed by atoms with E-state index >= 15 is 0 Å². The fourth-order valence-electron chi connectivity index (χ4n) is 3.73. The van der Waals surface area contributed by atoms with Crippen LogP contribution in [0, 0.1) is 6.92 Å². The third-order valence-corrected chi connectivity index (χ3v) is 5.16. The van der Waals surface area contributed by atoms with E-state index in [1.54, 1.807) is 23.3 Å². The van der Waals surface area contributed by atoms with Crippen LogP contribution in [0.3, 0.4) is 0 Å². The van der Waals surface area contributed by atoms with E-state index in [9.17, 15) is 4.79 Å². The molecule has 1 fully saturated rings. The minimum absolute atomic E-state index is 0.252. The highest BCUT2D eigenvalue weighted by Gasteiger charge is 2.19. The molecule has 0 spiro atoms. The molecule has 4 aromatic rings. The van der Waals surface area contributed by atoms with Gasteiger partial charge < -0.3 is 14.6 Å². The molecule has 148 valence electrons. The smallest absolute Gasteiger partial charge is 0.287 e. The number of rotatable bonds is 5. The van der Waals surface area contributed by atoms with Gasteiger partial charge in [0.05, 0.1) is 18.1 Å². The van der Waals surface area contributed by atoms with Crippen LogP contribution in [0.2, 0.25) is 0 Å². The largest absolute Gasteiger partial charge is 0.449 e. The molecule has 0 aromatic carbocycles. The van der Waals surface area contributed by atoms with E-state index in [-0.39, 0.29) is 11.7 Å². The number of aromatic nitrogens is 5. The molecule has 4 aromatic heterocycles. The van der Waals surface area contributed by atoms with Gasteiger partial charge in [0.2, 0.25) is 0 Å². The van der Waals surface area contributed by atoms with Gasteiger partial charge >= 0.3 is 0 Å². The lowest BCUT2D eigenvalue weighted by Gasteiger charge is -2.16. The zero-order valence-corrected chi connectivity index (χ0v) is 16.1. The Labute approximate surface area is 166 Å². The number of carbonyl (C=O) groups excluding carboxylic acids is 1. The molecule has 9 heteroatoms. The molecule has 1 saturated heterocycles. The predicted octanol–water partition coefficient (Wildman–Crippen LogP) is 2.31. The number of nitrogens with zero attached hydrogens (tertiary/aromatic N) is 6. The van der Waals surface area contributed by atoms with E-state index < -0.39 is 0 Å². The average Bonchev–Trinajstić information content (AvgIpc) is 3.47. The van der Waals surface area contributed by atoms with Crippen LogP contribution >= 0.6 is 0 Å². The second-order valence-electron chi connectivity index (χ2n) is 7.20. The van der Waals surface area contributed by atoms with Gasteiger partial charge in [-0.15, -0.1) is 0 Å². The van der Waals surface area contributed by atoms with Crippen LogP contribution in [0.1, 0.15) is 29.1 Å². The maximum absolute atomic E-state index is 12.4. The van der Waals surface area contributed by atoms with Gasteiger partial charge in [-0.3, -0.25) is 4.79 Å². The number of hydrogen-bond donors (Lipinski definition) is 1. The number of pyridine rings is 1. The van der Waals surface area contributed by atoms with Crippen molar-refractivity contribution in [1.29, 1.82) is 0 Å². The average molecular weight is 391 g/mol. The van der Waals surface area contributed by atoms with Crippen LogP contribution in [0.5, 0.6) is 0 Å². The van der Waals surface area contributed by atoms with Crippen LogP contribution in [-0.2, 0) is 6.54 Å². The lowest BCUT2D eigenvalue weighted by Crippen LogP contribution is -2.27. The molecule has 0 saturated carbocycles. The van der Waals surface area contributed by atoms with Gasteiger partial charge in [-0.2, -0.15) is 5.10 Å². The predicted molar refractivity (Wildman–Crippen MR) is 108 cm³/mol. The van der Waals surface area contributed by atoms with Crippen molar-refractivity contribution in [2.45, 2.75) is 26.3 Å². The van der Waals surface area contributed by atoms with Gasteiger partial charge in [-0.1, -0.05) is 0 Å². The first-order valence-electron chi connectivity index (χ1n) is 9.76. The summed E-state index contributed by atoms with van der Waals surface area (Å²) >= 11 is 0. The summed E-state index contributed by atoms with van der Waals surface area (Å²) in [6.07, 6.45) is 5.75. The number of amides is 1. The zero-order chi connectivity index (χ0) is 19.8. The molecule has 5 heterocycles. The fraction of sp³-hybridized carbons (Fsp3) is 0.350. The Morgan fingerprint density at radius 1 is 1.24 bits per heavy atom. The quantitative estimate of drug-likeness (QED) is 0.557. The maximum atomic E-state index is 12.4. The summed E-state index contributed by atoms with van der Waals surface area (Å²) in [5, 5.41) is 8.26. The van der Waals surface area contributed by atoms with Crippen LogP contribution in [0.25, 0.3) is 22.1 Å². The number of hydrogen-bond acceptors (Lipinski definition) is 7. The Kier molecular flexibility index (Phi) is 4.34. The van der Waals surface area contributed by atoms with E-state index in [2.05, 4.69) is 30.3 Å². The number of furan rings is 1. The Morgan fingerprint density at radius 3 is 2.97 bits per heavy atom. The van der Waals surface area contributed by atoms with E-state index in [4.69, 9.17) is 4.42 Å². The molecule has 1 amide bonds. The second kappa shape index (κ2) is 7.16. The Hall–Kier alpha value is -3.49. The molecule has 29 heavy (non-hydrogen) atoms. The molecule has 1 aliphatic heterocycles. The topological polar surface area (TPSA) is 102 Å². The van der Waals surface area contributed by atoms with Crippen molar-refractivity contribution in [1.82, 2.24) is 30.0 Å². The van der Waals surface area contributed by atoms with Crippen molar-refractivity contribution in [2.75, 3.05) is 24.5 Å². The first-order valence-corrected chi connectivity index (χ1v) is 9.76. The van der Waals surface area contributed by atoms with Crippen molar-refractivity contribution in [3.8, 4) is 0 Å². The Balaban J connectivity index is 1.28. The normalized spacial score (nSPS) is 14.2. The SMILES string of the molecule is Cc1ccc2oc(C(=O)NCCn3ncc4c(N5CCCC5)ncnc43)cc2n1. The van der Waals surface area contributed by atoms with Crippen LogP contribution < -0.4 is 10.2 Å². The molecule has 5 rings (SSSR count). The first kappa shape index (κ1) is 17.6. The molecule has 1 N–H and O–H groups in total. The van der Waals surface area contributed by atoms with Gasteiger partial charge in [0.25, 0.3) is 5.91 Å². The molecule has 1 aliphatic rings. The summed E-state index contributed by atoms with van der Waals surface area (Å²) < 4.78 is 7.38. The lowest BCUT2D eigenvalue weighted by atomic mass is 10.3. The van der Waals surface area contributed by atoms with E-state index in [1.807, 2.05) is 19.1 Å². The minimum atomic E-state index is -0.274. The lowest BCUT2D eigenvalue weighted by molar-refractivity contribution is 0.0926. The highest BCUT2D eigenvalue weighted by atomic mass is 16.3. The second-order valence-corrected chi connectivity index (χ2v) is 7.20. The van der Waals surface area contributed by atoms with Crippen molar-refractivity contribution in [2.24, 2.45) is 0 Å². The maximum Gasteiger partial charge on any atom is 0.287 e. The van der Waals surface area contributed by atoms with Crippen LogP contribution in [-0.4, -0.2) is 50.3 Å². The molecule has 0 atom stereocenters. The van der Waals surface area contributed by atoms with Gasteiger partial charge in [0.15, 0.2) is 17.0 Å². The van der Waals surface area contributed by atoms with E-state index in [0.29, 0.717) is 24.2 Å². The molecule has 0 radical (unpaired) electrons. The number of anilines is 1. The Bertz CT molecular complexity index is 1190. The van der Waals surface area contributed by atoms with E-state index in [1.165, 1.54) is 12.8 Å². The standard InChI is InChI=1S/C20H21N7O2/c1-13-4-5-16-15(25-13)10-17(29-16)20(28)21-6-9-27-19-14(11-24-27)18(22-12-23-19)26-7-2-3-8-26/h4-5,10-12H,2-3,6-9H2,1H3,(H,21,28). The van der Waals surface area contributed by atoms with E-state index in [0.717, 1.165) is 35.6 Å². The summed E-state index contributed by atoms with van der Waals surface area (Å²) in [6.45, 7) is 4.84. The van der Waals surface area contributed by atoms with Gasteiger partial charge in [0.1, 0.15) is 17.7 Å². The molecule has 9 nitrogen and oxygen atoms in total. The highest BCUT2D eigenvalue weighted by molar-refractivity contribution is 5.95. The minimum Gasteiger partial charge on any atom is -0.449 e. The van der Waals surface area contributed by atoms with Crippen molar-refractivity contribution < 1.29 is 9.21 Å². The molecule has 0 bridgehead atoms. The van der Waals surface area contributed by atoms with Crippen LogP contribution in [0.15, 0.2) is 35.1 Å². The summed E-state index contributed by atoms with van der Waals surface area (Å²) in [6, 6.07) is 5.34. The number of aryl methyl sites for hydroxylation is 1. The van der Waals surface area contributed by atoms with Gasteiger partial charge in [-0.25, -0.2) is 19.6 Å². The summed E-state index contributed by atoms with van der Waals surface area (Å²) in [4.78, 5) is 27.9. The number of carbonyl (C=O) groups is 1. The summed E-state index contributed by atoms with van der Waals surface area (Å²) in [5.74, 6) is 0.916. The monoisotopic (exact) mass is 391 g/mol. The van der Waals surface area contributed by atoms with Gasteiger partial charge in [-0.05, 0) is 31.9 Å². The summed E-state index contributed by atoms with van der Waals surface area (Å²) in [7, 11) is 0. The summed E-state index contributed by atoms with van der Waals surface area (Å²) in [5.41, 5.74) is 2.94. The van der Waals surface area contributed by atoms with Crippen molar-refractivity contribution >= 4 is 33.9 Å². The molecular formula is C20H21N7O2. The third-order valence-electron chi connectivity index (χ3n) is 5.16. The first-order chi connectivity index (χ1) is 14.2. The number of nitrogens with one attached hydrogen (secondary N) is 1. The van der Waals surface area contributed by atoms with Gasteiger partial charge in [0, 0.05) is 31.4 Å². The fourth-order valence-corrected chi connectivity index (χ4v) is 3.73.